The Hall–Kier alpha value is -6.33. The van der Waals surface area contributed by atoms with Gasteiger partial charge in [0, 0.05) is 41.4 Å². The molecule has 446 valence electrons. The molecule has 80 heavy (non-hydrogen) atoms. The maximum absolute atomic E-state index is 14.4. The molecule has 22 heteroatoms. The molecule has 2 rings (SSSR count). The van der Waals surface area contributed by atoms with Gasteiger partial charge in [0.15, 0.2) is 0 Å². The van der Waals surface area contributed by atoms with Gasteiger partial charge < -0.3 is 55.6 Å². The van der Waals surface area contributed by atoms with E-state index in [1.54, 1.807) is 158 Å². The van der Waals surface area contributed by atoms with Crippen LogP contribution in [0.5, 0.6) is 0 Å². The van der Waals surface area contributed by atoms with Crippen molar-refractivity contribution in [2.45, 2.75) is 226 Å². The van der Waals surface area contributed by atoms with Crippen LogP contribution in [0.25, 0.3) is 0 Å². The largest absolute Gasteiger partial charge is 0.460 e. The van der Waals surface area contributed by atoms with Gasteiger partial charge >= 0.3 is 35.9 Å². The highest BCUT2D eigenvalue weighted by Gasteiger charge is 2.34. The second-order valence-electron chi connectivity index (χ2n) is 24.3. The summed E-state index contributed by atoms with van der Waals surface area (Å²) in [4.78, 5) is 135. The highest BCUT2D eigenvalue weighted by molar-refractivity contribution is 14.1. The van der Waals surface area contributed by atoms with Gasteiger partial charge in [-0.25, -0.2) is 14.4 Å². The van der Waals surface area contributed by atoms with E-state index in [4.69, 9.17) is 23.7 Å². The molecule has 0 saturated carbocycles. The number of nitrogens with one attached hydrogen (secondary N) is 6. The Morgan fingerprint density at radius 1 is 0.425 bits per heavy atom. The fourth-order valence-electron chi connectivity index (χ4n) is 7.36. The van der Waals surface area contributed by atoms with Crippen molar-refractivity contribution in [3.05, 3.63) is 69.3 Å². The zero-order valence-corrected chi connectivity index (χ0v) is 51.5. The van der Waals surface area contributed by atoms with Crippen molar-refractivity contribution in [3.8, 4) is 0 Å². The van der Waals surface area contributed by atoms with E-state index in [0.29, 0.717) is 5.56 Å². The summed E-state index contributed by atoms with van der Waals surface area (Å²) in [5, 5.41) is 16.0. The number of amides is 6. The molecule has 6 amide bonds. The zero-order chi connectivity index (χ0) is 60.8. The summed E-state index contributed by atoms with van der Waals surface area (Å²) < 4.78 is 28.3. The Kier molecular flexibility index (Phi) is 27.6. The van der Waals surface area contributed by atoms with Crippen molar-refractivity contribution < 1.29 is 71.6 Å². The molecule has 6 N–H and O–H groups in total. The molecule has 2 aromatic carbocycles. The minimum absolute atomic E-state index is 0.00244. The minimum atomic E-state index is -1.46. The fraction of sp³-hybridized carbons (Fsp3) is 0.621. The standard InChI is InChI=1S/C58H87IN6O15/c1-54(2,3)76-44(66)31-28-39(61-47(69)37-24-26-38(59)27-25-37)49(71)62-40(29-32-45(67)77-55(4,5)6)50(72)63-43(35-36-21-17-16-18-22-36)48(70)60-34-20-19-23-41(51(73)79-57(10,11)12)64-53(75)65-42(52(74)80-58(13,14)15)30-33-46(68)78-56(7,8)9/h16-18,21-22,24-27,39-43H,19-20,23,28-35H2,1-15H3,(H,60,70)(H,61,69)(H,62,71)(H,63,72)(H2,64,65,75)/t39-,40-,41-,42-,43-/m0/s1. The number of halogens is 1. The summed E-state index contributed by atoms with van der Waals surface area (Å²) >= 11 is 2.08. The Morgan fingerprint density at radius 3 is 1.24 bits per heavy atom. The molecular weight excluding hydrogens is 1150 g/mol. The Bertz CT molecular complexity index is 2420. The number of ether oxygens (including phenoxy) is 5. The first-order valence-corrected chi connectivity index (χ1v) is 28.0. The molecule has 0 radical (unpaired) electrons. The van der Waals surface area contributed by atoms with E-state index >= 15 is 0 Å². The third-order valence-electron chi connectivity index (χ3n) is 10.7. The second-order valence-corrected chi connectivity index (χ2v) is 25.5. The van der Waals surface area contributed by atoms with E-state index in [1.807, 2.05) is 0 Å². The second kappa shape index (κ2) is 31.6. The SMILES string of the molecule is CC(C)(C)OC(=O)CC[C@H](NC(=O)c1ccc(I)cc1)C(=O)N[C@@H](CCC(=O)OC(C)(C)C)C(=O)N[C@@H](Cc1ccccc1)C(=O)NCCCC[C@H](NC(=O)N[C@@H](CCC(=O)OC(C)(C)C)C(=O)OC(C)(C)C)C(=O)OC(C)(C)C. The first-order chi connectivity index (χ1) is 36.8. The number of carbonyl (C=O) groups excluding carboxylic acids is 10. The molecule has 21 nitrogen and oxygen atoms in total. The third-order valence-corrected chi connectivity index (χ3v) is 11.4. The van der Waals surface area contributed by atoms with Crippen molar-refractivity contribution >= 4 is 82.1 Å². The van der Waals surface area contributed by atoms with Crippen LogP contribution in [0.4, 0.5) is 4.79 Å². The molecule has 0 spiro atoms. The smallest absolute Gasteiger partial charge is 0.329 e. The van der Waals surface area contributed by atoms with Gasteiger partial charge in [-0.05, 0) is 195 Å². The number of esters is 5. The van der Waals surface area contributed by atoms with Crippen LogP contribution in [0.1, 0.15) is 178 Å². The van der Waals surface area contributed by atoms with Crippen molar-refractivity contribution in [3.63, 3.8) is 0 Å². The van der Waals surface area contributed by atoms with Crippen LogP contribution in [0, 0.1) is 3.57 Å². The molecule has 0 bridgehead atoms. The van der Waals surface area contributed by atoms with E-state index in [9.17, 15) is 47.9 Å². The Labute approximate surface area is 485 Å². The summed E-state index contributed by atoms with van der Waals surface area (Å²) in [6.07, 6.45) is -0.948. The monoisotopic (exact) mass is 1230 g/mol. The molecule has 0 unspecified atom stereocenters. The summed E-state index contributed by atoms with van der Waals surface area (Å²) in [7, 11) is 0. The van der Waals surface area contributed by atoms with Gasteiger partial charge in [0.25, 0.3) is 5.91 Å². The van der Waals surface area contributed by atoms with Gasteiger partial charge in [-0.15, -0.1) is 0 Å². The molecule has 0 aromatic heterocycles. The van der Waals surface area contributed by atoms with Crippen molar-refractivity contribution in [2.24, 2.45) is 0 Å². The first kappa shape index (κ1) is 69.8. The van der Waals surface area contributed by atoms with E-state index < -0.39 is 118 Å². The fourth-order valence-corrected chi connectivity index (χ4v) is 7.72. The Balaban J connectivity index is 2.37. The number of urea groups is 1. The first-order valence-electron chi connectivity index (χ1n) is 26.9. The molecular formula is C58H87IN6O15. The number of hydrogen-bond donors (Lipinski definition) is 6. The number of benzene rings is 2. The third kappa shape index (κ3) is 30.9. The van der Waals surface area contributed by atoms with Crippen LogP contribution < -0.4 is 31.9 Å². The summed E-state index contributed by atoms with van der Waals surface area (Å²) in [6, 6.07) is 7.91. The molecule has 0 aliphatic carbocycles. The van der Waals surface area contributed by atoms with Crippen molar-refractivity contribution in [2.75, 3.05) is 6.54 Å². The van der Waals surface area contributed by atoms with E-state index in [1.165, 1.54) is 0 Å². The van der Waals surface area contributed by atoms with Crippen LogP contribution in [-0.4, -0.2) is 124 Å². The molecule has 0 heterocycles. The average molecular weight is 1240 g/mol. The lowest BCUT2D eigenvalue weighted by molar-refractivity contribution is -0.159. The van der Waals surface area contributed by atoms with Crippen LogP contribution in [-0.2, 0) is 68.5 Å². The van der Waals surface area contributed by atoms with Gasteiger partial charge in [-0.3, -0.25) is 33.6 Å². The Morgan fingerprint density at radius 2 is 0.812 bits per heavy atom. The van der Waals surface area contributed by atoms with E-state index in [0.717, 1.165) is 3.57 Å². The summed E-state index contributed by atoms with van der Waals surface area (Å²) in [5.41, 5.74) is -3.45. The van der Waals surface area contributed by atoms with Gasteiger partial charge in [-0.2, -0.15) is 0 Å². The topological polar surface area (TPSA) is 289 Å². The highest BCUT2D eigenvalue weighted by Crippen LogP contribution is 2.18. The number of unbranched alkanes of at least 4 members (excludes halogenated alkanes) is 1. The number of carbonyl (C=O) groups is 10. The molecule has 2 aromatic rings. The van der Waals surface area contributed by atoms with Crippen LogP contribution in [0.15, 0.2) is 54.6 Å². The van der Waals surface area contributed by atoms with Crippen molar-refractivity contribution in [1.82, 2.24) is 31.9 Å². The van der Waals surface area contributed by atoms with Crippen LogP contribution in [0.2, 0.25) is 0 Å². The molecule has 0 aliphatic rings. The van der Waals surface area contributed by atoms with E-state index in [-0.39, 0.29) is 76.3 Å². The summed E-state index contributed by atoms with van der Waals surface area (Å²) in [6.45, 7) is 25.2. The lowest BCUT2D eigenvalue weighted by Gasteiger charge is -2.27. The van der Waals surface area contributed by atoms with Crippen LogP contribution >= 0.6 is 22.6 Å². The average Bonchev–Trinajstić information content (AvgIpc) is 3.29. The zero-order valence-electron chi connectivity index (χ0n) is 49.4. The molecule has 0 aliphatic heterocycles. The van der Waals surface area contributed by atoms with Crippen LogP contribution in [0.3, 0.4) is 0 Å². The maximum Gasteiger partial charge on any atom is 0.329 e. The molecule has 5 atom stereocenters. The van der Waals surface area contributed by atoms with Gasteiger partial charge in [0.2, 0.25) is 17.7 Å². The lowest BCUT2D eigenvalue weighted by atomic mass is 10.0. The predicted molar refractivity (Wildman–Crippen MR) is 307 cm³/mol. The van der Waals surface area contributed by atoms with Gasteiger partial charge in [0.1, 0.15) is 58.2 Å². The highest BCUT2D eigenvalue weighted by atomic mass is 127. The van der Waals surface area contributed by atoms with Gasteiger partial charge in [-0.1, -0.05) is 30.3 Å². The predicted octanol–water partition coefficient (Wildman–Crippen LogP) is 6.97. The quantitative estimate of drug-likeness (QED) is 0.0228. The normalized spacial score (nSPS) is 13.8. The lowest BCUT2D eigenvalue weighted by Crippen LogP contribution is -2.57. The molecule has 0 fully saturated rings. The number of hydrogen-bond acceptors (Lipinski definition) is 15. The number of rotatable bonds is 27. The minimum Gasteiger partial charge on any atom is -0.460 e. The molecule has 0 saturated heterocycles. The van der Waals surface area contributed by atoms with E-state index in [2.05, 4.69) is 54.5 Å². The van der Waals surface area contributed by atoms with Gasteiger partial charge in [0.05, 0.1) is 0 Å². The maximum atomic E-state index is 14.4. The van der Waals surface area contributed by atoms with Crippen molar-refractivity contribution in [1.29, 1.82) is 0 Å². The summed E-state index contributed by atoms with van der Waals surface area (Å²) in [5.74, 6) is -6.37.